The lowest BCUT2D eigenvalue weighted by Crippen LogP contribution is -2.26. The first-order valence-electron chi connectivity index (χ1n) is 5.09. The Kier molecular flexibility index (Phi) is 3.03. The Labute approximate surface area is 96.0 Å². The highest BCUT2D eigenvalue weighted by atomic mass is 16.2. The van der Waals surface area contributed by atoms with Gasteiger partial charge in [-0.1, -0.05) is 0 Å². The van der Waals surface area contributed by atoms with Gasteiger partial charge in [0.25, 0.3) is 0 Å². The number of carbonyl (C=O) groups excluding carboxylic acids is 1. The summed E-state index contributed by atoms with van der Waals surface area (Å²) in [6.45, 7) is 2.48. The summed E-state index contributed by atoms with van der Waals surface area (Å²) < 4.78 is 1.17. The molecular formula is C9H12N6O2. The van der Waals surface area contributed by atoms with E-state index in [-0.39, 0.29) is 11.6 Å². The highest BCUT2D eigenvalue weighted by Gasteiger charge is 2.01. The predicted octanol–water partition coefficient (Wildman–Crippen LogP) is -1.03. The van der Waals surface area contributed by atoms with E-state index in [2.05, 4.69) is 25.9 Å². The van der Waals surface area contributed by atoms with Crippen molar-refractivity contribution in [1.29, 1.82) is 0 Å². The van der Waals surface area contributed by atoms with Crippen LogP contribution in [0.4, 0.5) is 5.82 Å². The highest BCUT2D eigenvalue weighted by Crippen LogP contribution is 2.01. The lowest BCUT2D eigenvalue weighted by molar-refractivity contribution is -0.118. The Morgan fingerprint density at radius 1 is 1.47 bits per heavy atom. The fourth-order valence-electron chi connectivity index (χ4n) is 1.33. The zero-order valence-electron chi connectivity index (χ0n) is 9.23. The minimum Gasteiger partial charge on any atom is -0.367 e. The first-order valence-corrected chi connectivity index (χ1v) is 5.09. The normalized spacial score (nSPS) is 10.4. The second-order valence-corrected chi connectivity index (χ2v) is 3.43. The summed E-state index contributed by atoms with van der Waals surface area (Å²) in [6, 6.07) is 3.38. The average molecular weight is 236 g/mol. The van der Waals surface area contributed by atoms with E-state index in [1.165, 1.54) is 11.4 Å². The third kappa shape index (κ3) is 2.60. The second kappa shape index (κ2) is 4.64. The number of anilines is 1. The molecule has 0 saturated heterocycles. The van der Waals surface area contributed by atoms with Crippen molar-refractivity contribution in [2.75, 3.05) is 18.4 Å². The van der Waals surface area contributed by atoms with Crippen LogP contribution < -0.4 is 16.3 Å². The maximum atomic E-state index is 11.2. The predicted molar refractivity (Wildman–Crippen MR) is 60.8 cm³/mol. The minimum atomic E-state index is -0.384. The molecule has 0 atom stereocenters. The molecule has 0 unspecified atom stereocenters. The molecule has 17 heavy (non-hydrogen) atoms. The highest BCUT2D eigenvalue weighted by molar-refractivity contribution is 5.72. The van der Waals surface area contributed by atoms with Crippen LogP contribution in [0.5, 0.6) is 0 Å². The number of hydrogen-bond donors (Lipinski definition) is 3. The number of fused-ring (bicyclic) bond motifs is 1. The van der Waals surface area contributed by atoms with E-state index in [0.29, 0.717) is 24.6 Å². The van der Waals surface area contributed by atoms with Gasteiger partial charge in [-0.3, -0.25) is 4.79 Å². The third-order valence-electron chi connectivity index (χ3n) is 2.08. The van der Waals surface area contributed by atoms with E-state index >= 15 is 0 Å². The van der Waals surface area contributed by atoms with Crippen molar-refractivity contribution in [3.63, 3.8) is 0 Å². The largest absolute Gasteiger partial charge is 0.367 e. The molecular weight excluding hydrogens is 224 g/mol. The fraction of sp³-hybridized carbons (Fsp3) is 0.333. The number of hydrogen-bond acceptors (Lipinski definition) is 5. The van der Waals surface area contributed by atoms with Crippen LogP contribution in [0.2, 0.25) is 0 Å². The van der Waals surface area contributed by atoms with Crippen molar-refractivity contribution >= 4 is 17.4 Å². The summed E-state index contributed by atoms with van der Waals surface area (Å²) in [5.41, 5.74) is 0.0768. The summed E-state index contributed by atoms with van der Waals surface area (Å²) in [4.78, 5) is 21.9. The molecule has 2 heterocycles. The summed E-state index contributed by atoms with van der Waals surface area (Å²) in [5.74, 6) is 0.465. The molecule has 0 aliphatic rings. The van der Waals surface area contributed by atoms with Crippen LogP contribution in [0.15, 0.2) is 16.9 Å². The maximum Gasteiger partial charge on any atom is 0.364 e. The number of H-pyrrole nitrogens is 1. The molecule has 2 aromatic heterocycles. The SMILES string of the molecule is CC(=O)NCCNc1ccc2n[nH]c(=O)n2n1. The number of carbonyl (C=O) groups is 1. The van der Waals surface area contributed by atoms with Crippen LogP contribution >= 0.6 is 0 Å². The quantitative estimate of drug-likeness (QED) is 0.588. The standard InChI is InChI=1S/C9H12N6O2/c1-6(16)10-4-5-11-7-2-3-8-12-13-9(17)15(8)14-7/h2-3H,4-5H2,1H3,(H,10,16)(H,11,14)(H,13,17). The van der Waals surface area contributed by atoms with Gasteiger partial charge < -0.3 is 10.6 Å². The zero-order valence-corrected chi connectivity index (χ0v) is 9.23. The molecule has 1 amide bonds. The lowest BCUT2D eigenvalue weighted by atomic mass is 10.5. The van der Waals surface area contributed by atoms with E-state index in [9.17, 15) is 9.59 Å². The maximum absolute atomic E-state index is 11.2. The smallest absolute Gasteiger partial charge is 0.364 e. The van der Waals surface area contributed by atoms with Gasteiger partial charge in [0.1, 0.15) is 5.82 Å². The molecule has 0 radical (unpaired) electrons. The fourth-order valence-corrected chi connectivity index (χ4v) is 1.33. The Morgan fingerprint density at radius 3 is 3.06 bits per heavy atom. The van der Waals surface area contributed by atoms with Gasteiger partial charge in [-0.15, -0.1) is 5.10 Å². The topological polar surface area (TPSA) is 104 Å². The van der Waals surface area contributed by atoms with E-state index in [0.717, 1.165) is 0 Å². The van der Waals surface area contributed by atoms with Gasteiger partial charge in [-0.05, 0) is 12.1 Å². The molecule has 8 nitrogen and oxygen atoms in total. The van der Waals surface area contributed by atoms with Gasteiger partial charge in [-0.2, -0.15) is 9.61 Å². The molecule has 0 bridgehead atoms. The lowest BCUT2D eigenvalue weighted by Gasteiger charge is -2.05. The third-order valence-corrected chi connectivity index (χ3v) is 2.08. The zero-order chi connectivity index (χ0) is 12.3. The molecule has 0 aliphatic carbocycles. The van der Waals surface area contributed by atoms with Gasteiger partial charge in [0.15, 0.2) is 5.65 Å². The van der Waals surface area contributed by atoms with Crippen molar-refractivity contribution in [3.05, 3.63) is 22.6 Å². The summed E-state index contributed by atoms with van der Waals surface area (Å²) in [6.07, 6.45) is 0. The second-order valence-electron chi connectivity index (χ2n) is 3.43. The summed E-state index contributed by atoms with van der Waals surface area (Å²) in [5, 5.41) is 15.7. The Morgan fingerprint density at radius 2 is 2.29 bits per heavy atom. The van der Waals surface area contributed by atoms with Crippen molar-refractivity contribution in [2.45, 2.75) is 6.92 Å². The Balaban J connectivity index is 2.01. The molecule has 0 fully saturated rings. The van der Waals surface area contributed by atoms with E-state index < -0.39 is 0 Å². The van der Waals surface area contributed by atoms with Crippen LogP contribution in [0.3, 0.4) is 0 Å². The first-order chi connectivity index (χ1) is 8.16. The van der Waals surface area contributed by atoms with E-state index in [4.69, 9.17) is 0 Å². The molecule has 3 N–H and O–H groups in total. The van der Waals surface area contributed by atoms with E-state index in [1.54, 1.807) is 12.1 Å². The van der Waals surface area contributed by atoms with Crippen LogP contribution in [0, 0.1) is 0 Å². The van der Waals surface area contributed by atoms with Gasteiger partial charge in [0, 0.05) is 20.0 Å². The summed E-state index contributed by atoms with van der Waals surface area (Å²) in [7, 11) is 0. The van der Waals surface area contributed by atoms with Crippen LogP contribution in [-0.2, 0) is 4.79 Å². The molecule has 2 rings (SSSR count). The van der Waals surface area contributed by atoms with Crippen molar-refractivity contribution in [3.8, 4) is 0 Å². The minimum absolute atomic E-state index is 0.0822. The van der Waals surface area contributed by atoms with Gasteiger partial charge in [0.2, 0.25) is 5.91 Å². The first kappa shape index (κ1) is 11.1. The monoisotopic (exact) mass is 236 g/mol. The van der Waals surface area contributed by atoms with Crippen molar-refractivity contribution in [1.82, 2.24) is 25.1 Å². The number of aromatic nitrogens is 4. The molecule has 2 aromatic rings. The van der Waals surface area contributed by atoms with Gasteiger partial charge >= 0.3 is 5.69 Å². The molecule has 0 aromatic carbocycles. The number of aromatic amines is 1. The molecule has 0 aliphatic heterocycles. The molecule has 0 spiro atoms. The van der Waals surface area contributed by atoms with Gasteiger partial charge in [0.05, 0.1) is 0 Å². The number of amides is 1. The molecule has 8 heteroatoms. The Bertz CT molecular complexity index is 586. The number of nitrogens with one attached hydrogen (secondary N) is 3. The number of rotatable bonds is 4. The molecule has 90 valence electrons. The van der Waals surface area contributed by atoms with Crippen molar-refractivity contribution < 1.29 is 4.79 Å². The Hall–Kier alpha value is -2.38. The van der Waals surface area contributed by atoms with E-state index in [1.807, 2.05) is 0 Å². The summed E-state index contributed by atoms with van der Waals surface area (Å²) >= 11 is 0. The average Bonchev–Trinajstić information content (AvgIpc) is 2.66. The van der Waals surface area contributed by atoms with Gasteiger partial charge in [-0.25, -0.2) is 9.89 Å². The van der Waals surface area contributed by atoms with Crippen molar-refractivity contribution in [2.24, 2.45) is 0 Å². The molecule has 0 saturated carbocycles. The van der Waals surface area contributed by atoms with Crippen LogP contribution in [0.1, 0.15) is 6.92 Å². The number of nitrogens with zero attached hydrogens (tertiary/aromatic N) is 3. The van der Waals surface area contributed by atoms with Crippen LogP contribution in [0.25, 0.3) is 5.65 Å². The van der Waals surface area contributed by atoms with Crippen LogP contribution in [-0.4, -0.2) is 38.8 Å².